The summed E-state index contributed by atoms with van der Waals surface area (Å²) in [6.45, 7) is 3.91. The minimum Gasteiger partial charge on any atom is -0.481 e. The van der Waals surface area contributed by atoms with Crippen molar-refractivity contribution in [2.45, 2.75) is 18.7 Å². The van der Waals surface area contributed by atoms with Crippen molar-refractivity contribution in [3.8, 4) is 16.3 Å². The molecule has 0 fully saturated rings. The normalized spacial score (nSPS) is 11.3. The first-order valence-corrected chi connectivity index (χ1v) is 9.89. The van der Waals surface area contributed by atoms with Crippen molar-refractivity contribution in [1.29, 1.82) is 0 Å². The monoisotopic (exact) mass is 374 g/mol. The number of nitrogens with zero attached hydrogens (tertiary/aromatic N) is 1. The van der Waals surface area contributed by atoms with Gasteiger partial charge in [0.15, 0.2) is 0 Å². The molecule has 130 valence electrons. The van der Waals surface area contributed by atoms with Crippen molar-refractivity contribution in [3.63, 3.8) is 0 Å². The lowest BCUT2D eigenvalue weighted by atomic mass is 10.1. The lowest BCUT2D eigenvalue weighted by Gasteiger charge is -2.12. The van der Waals surface area contributed by atoms with Crippen LogP contribution in [0.15, 0.2) is 53.6 Å². The van der Waals surface area contributed by atoms with Crippen LogP contribution in [0.2, 0.25) is 0 Å². The first-order chi connectivity index (χ1) is 11.9. The molecule has 2 aromatic heterocycles. The number of methoxy groups -OCH3 is 1. The molecule has 0 aliphatic heterocycles. The van der Waals surface area contributed by atoms with E-state index in [2.05, 4.69) is 9.71 Å². The predicted molar refractivity (Wildman–Crippen MR) is 101 cm³/mol. The van der Waals surface area contributed by atoms with Gasteiger partial charge in [0, 0.05) is 22.0 Å². The van der Waals surface area contributed by atoms with Crippen molar-refractivity contribution < 1.29 is 13.2 Å². The van der Waals surface area contributed by atoms with Crippen molar-refractivity contribution in [3.05, 3.63) is 59.1 Å². The number of ether oxygens (including phenoxy) is 1. The Labute approximate surface area is 151 Å². The Morgan fingerprint density at radius 3 is 2.56 bits per heavy atom. The predicted octanol–water partition coefficient (Wildman–Crippen LogP) is 4.24. The molecule has 0 radical (unpaired) electrons. The third-order valence-corrected chi connectivity index (χ3v) is 6.15. The van der Waals surface area contributed by atoms with E-state index in [-0.39, 0.29) is 10.8 Å². The van der Waals surface area contributed by atoms with Gasteiger partial charge in [0.2, 0.25) is 5.88 Å². The number of rotatable bonds is 5. The number of hydrogen-bond donors (Lipinski definition) is 1. The minimum atomic E-state index is -3.73. The number of hydrogen-bond acceptors (Lipinski definition) is 5. The summed E-state index contributed by atoms with van der Waals surface area (Å²) in [4.78, 5) is 6.36. The third-order valence-electron chi connectivity index (χ3n) is 3.73. The Morgan fingerprint density at radius 1 is 1.08 bits per heavy atom. The van der Waals surface area contributed by atoms with Gasteiger partial charge in [-0.05, 0) is 49.2 Å². The van der Waals surface area contributed by atoms with Crippen LogP contribution in [0, 0.1) is 13.8 Å². The van der Waals surface area contributed by atoms with Crippen LogP contribution >= 0.6 is 11.3 Å². The van der Waals surface area contributed by atoms with E-state index in [1.165, 1.54) is 30.3 Å². The Morgan fingerprint density at radius 2 is 1.88 bits per heavy atom. The van der Waals surface area contributed by atoms with Crippen LogP contribution in [0.4, 0.5) is 5.69 Å². The molecule has 3 rings (SSSR count). The molecule has 0 amide bonds. The highest BCUT2D eigenvalue weighted by atomic mass is 32.2. The van der Waals surface area contributed by atoms with Gasteiger partial charge in [-0.25, -0.2) is 13.4 Å². The SMILES string of the molecule is COc1cc(S(=O)(=O)Nc2cc(-c3ccc(C)s3)ccc2C)ccn1. The van der Waals surface area contributed by atoms with Crippen molar-refractivity contribution >= 4 is 27.0 Å². The Bertz CT molecular complexity index is 1010. The third kappa shape index (κ3) is 3.83. The van der Waals surface area contributed by atoms with Gasteiger partial charge in [0.1, 0.15) is 0 Å². The Balaban J connectivity index is 1.96. The van der Waals surface area contributed by atoms with E-state index in [9.17, 15) is 8.42 Å². The maximum atomic E-state index is 12.7. The molecule has 0 aliphatic rings. The Kier molecular flexibility index (Phi) is 4.78. The molecule has 0 spiro atoms. The summed E-state index contributed by atoms with van der Waals surface area (Å²) >= 11 is 1.67. The summed E-state index contributed by atoms with van der Waals surface area (Å²) in [5.74, 6) is 0.252. The van der Waals surface area contributed by atoms with Crippen LogP contribution in [-0.4, -0.2) is 20.5 Å². The molecule has 0 aliphatic carbocycles. The van der Waals surface area contributed by atoms with Gasteiger partial charge in [-0.15, -0.1) is 11.3 Å². The average molecular weight is 374 g/mol. The van der Waals surface area contributed by atoms with E-state index >= 15 is 0 Å². The van der Waals surface area contributed by atoms with Crippen LogP contribution < -0.4 is 9.46 Å². The summed E-state index contributed by atoms with van der Waals surface area (Å²) in [6.07, 6.45) is 1.41. The topological polar surface area (TPSA) is 68.3 Å². The highest BCUT2D eigenvalue weighted by Crippen LogP contribution is 2.31. The van der Waals surface area contributed by atoms with Crippen LogP contribution in [-0.2, 0) is 10.0 Å². The second kappa shape index (κ2) is 6.85. The lowest BCUT2D eigenvalue weighted by Crippen LogP contribution is -2.14. The van der Waals surface area contributed by atoms with Gasteiger partial charge in [-0.1, -0.05) is 12.1 Å². The molecule has 7 heteroatoms. The molecule has 1 aromatic carbocycles. The maximum Gasteiger partial charge on any atom is 0.262 e. The Hall–Kier alpha value is -2.38. The van der Waals surface area contributed by atoms with E-state index in [1.807, 2.05) is 44.2 Å². The molecule has 1 N–H and O–H groups in total. The zero-order valence-corrected chi connectivity index (χ0v) is 15.7. The minimum absolute atomic E-state index is 0.108. The molecule has 0 saturated heterocycles. The molecule has 2 heterocycles. The molecule has 0 atom stereocenters. The zero-order valence-electron chi connectivity index (χ0n) is 14.1. The molecule has 0 bridgehead atoms. The molecule has 5 nitrogen and oxygen atoms in total. The van der Waals surface area contributed by atoms with Crippen LogP contribution in [0.3, 0.4) is 0 Å². The standard InChI is InChI=1S/C18H18N2O3S2/c1-12-4-6-14(17-7-5-13(2)24-17)10-16(12)20-25(21,22)15-8-9-19-18(11-15)23-3/h4-11,20H,1-3H3. The first-order valence-electron chi connectivity index (χ1n) is 7.59. The summed E-state index contributed by atoms with van der Waals surface area (Å²) in [7, 11) is -2.28. The van der Waals surface area contributed by atoms with Gasteiger partial charge in [0.25, 0.3) is 10.0 Å². The van der Waals surface area contributed by atoms with E-state index in [0.29, 0.717) is 5.69 Å². The van der Waals surface area contributed by atoms with Crippen LogP contribution in [0.25, 0.3) is 10.4 Å². The fraction of sp³-hybridized carbons (Fsp3) is 0.167. The lowest BCUT2D eigenvalue weighted by molar-refractivity contribution is 0.396. The van der Waals surface area contributed by atoms with E-state index in [0.717, 1.165) is 16.0 Å². The number of anilines is 1. The van der Waals surface area contributed by atoms with Gasteiger partial charge < -0.3 is 4.74 Å². The number of aryl methyl sites for hydroxylation is 2. The number of aromatic nitrogens is 1. The zero-order chi connectivity index (χ0) is 18.0. The maximum absolute atomic E-state index is 12.7. The van der Waals surface area contributed by atoms with Gasteiger partial charge in [-0.2, -0.15) is 0 Å². The summed E-state index contributed by atoms with van der Waals surface area (Å²) in [6, 6.07) is 12.7. The van der Waals surface area contributed by atoms with Gasteiger partial charge in [-0.3, -0.25) is 4.72 Å². The number of thiophene rings is 1. The molecule has 0 unspecified atom stereocenters. The molecule has 3 aromatic rings. The van der Waals surface area contributed by atoms with Crippen molar-refractivity contribution in [1.82, 2.24) is 4.98 Å². The molecular weight excluding hydrogens is 356 g/mol. The van der Waals surface area contributed by atoms with Crippen LogP contribution in [0.5, 0.6) is 5.88 Å². The fourth-order valence-electron chi connectivity index (χ4n) is 2.35. The summed E-state index contributed by atoms with van der Waals surface area (Å²) in [5, 5.41) is 0. The molecule has 0 saturated carbocycles. The summed E-state index contributed by atoms with van der Waals surface area (Å²) in [5.41, 5.74) is 2.38. The van der Waals surface area contributed by atoms with E-state index in [1.54, 1.807) is 11.3 Å². The van der Waals surface area contributed by atoms with E-state index in [4.69, 9.17) is 4.74 Å². The highest BCUT2D eigenvalue weighted by molar-refractivity contribution is 7.92. The smallest absolute Gasteiger partial charge is 0.262 e. The molecule has 25 heavy (non-hydrogen) atoms. The second-order valence-electron chi connectivity index (χ2n) is 5.58. The van der Waals surface area contributed by atoms with E-state index < -0.39 is 10.0 Å². The van der Waals surface area contributed by atoms with Crippen molar-refractivity contribution in [2.75, 3.05) is 11.8 Å². The van der Waals surface area contributed by atoms with Gasteiger partial charge >= 0.3 is 0 Å². The second-order valence-corrected chi connectivity index (χ2v) is 8.55. The van der Waals surface area contributed by atoms with Gasteiger partial charge in [0.05, 0.1) is 17.7 Å². The number of pyridine rings is 1. The fourth-order valence-corrected chi connectivity index (χ4v) is 4.34. The largest absolute Gasteiger partial charge is 0.481 e. The van der Waals surface area contributed by atoms with Crippen molar-refractivity contribution in [2.24, 2.45) is 0 Å². The number of sulfonamides is 1. The number of nitrogens with one attached hydrogen (secondary N) is 1. The summed E-state index contributed by atoms with van der Waals surface area (Å²) < 4.78 is 33.0. The quantitative estimate of drug-likeness (QED) is 0.725. The average Bonchev–Trinajstić information content (AvgIpc) is 3.03. The first kappa shape index (κ1) is 17.4. The van der Waals surface area contributed by atoms with Crippen LogP contribution in [0.1, 0.15) is 10.4 Å². The number of benzene rings is 1. The highest BCUT2D eigenvalue weighted by Gasteiger charge is 2.17. The molecular formula is C18H18N2O3S2.